The van der Waals surface area contributed by atoms with Crippen LogP contribution in [0.2, 0.25) is 0 Å². The number of likely N-dealkylation sites (tertiary alicyclic amines) is 1. The van der Waals surface area contributed by atoms with Crippen LogP contribution >= 0.6 is 0 Å². The zero-order valence-corrected chi connectivity index (χ0v) is 16.2. The molecular formula is C23H28FN3O. The zero-order valence-electron chi connectivity index (χ0n) is 16.2. The second-order valence-corrected chi connectivity index (χ2v) is 7.86. The van der Waals surface area contributed by atoms with Crippen LogP contribution in [0.25, 0.3) is 0 Å². The fourth-order valence-electron chi connectivity index (χ4n) is 4.35. The van der Waals surface area contributed by atoms with E-state index >= 15 is 0 Å². The van der Waals surface area contributed by atoms with E-state index in [4.69, 9.17) is 0 Å². The van der Waals surface area contributed by atoms with Crippen molar-refractivity contribution < 1.29 is 9.18 Å². The highest BCUT2D eigenvalue weighted by atomic mass is 19.1. The summed E-state index contributed by atoms with van der Waals surface area (Å²) in [6, 6.07) is 17.2. The smallest absolute Gasteiger partial charge is 0.253 e. The fourth-order valence-corrected chi connectivity index (χ4v) is 4.35. The van der Waals surface area contributed by atoms with Gasteiger partial charge in [0.05, 0.1) is 0 Å². The highest BCUT2D eigenvalue weighted by Crippen LogP contribution is 2.22. The number of halogens is 1. The summed E-state index contributed by atoms with van der Waals surface area (Å²) in [5, 5.41) is 3.79. The standard InChI is InChI=1S/C23H28FN3O/c24-19-8-10-22(11-9-19)26-15-12-20(13-16-26)25-21-7-4-14-27(17-21)23(28)18-5-2-1-3-6-18/h1-3,5-6,8-11,20-21,25H,4,7,12-17H2/t21-/m1/s1. The number of nitrogens with one attached hydrogen (secondary N) is 1. The third kappa shape index (κ3) is 4.53. The molecule has 2 aromatic rings. The second kappa shape index (κ2) is 8.74. The molecule has 5 heteroatoms. The van der Waals surface area contributed by atoms with Gasteiger partial charge in [-0.1, -0.05) is 18.2 Å². The van der Waals surface area contributed by atoms with Crippen LogP contribution in [-0.4, -0.2) is 49.1 Å². The van der Waals surface area contributed by atoms with E-state index in [9.17, 15) is 9.18 Å². The molecule has 2 saturated heterocycles. The Kier molecular flexibility index (Phi) is 5.91. The number of nitrogens with zero attached hydrogens (tertiary/aromatic N) is 2. The third-order valence-corrected chi connectivity index (χ3v) is 5.89. The summed E-state index contributed by atoms with van der Waals surface area (Å²) in [6.45, 7) is 3.58. The van der Waals surface area contributed by atoms with E-state index in [2.05, 4.69) is 10.2 Å². The number of carbonyl (C=O) groups excluding carboxylic acids is 1. The van der Waals surface area contributed by atoms with Gasteiger partial charge in [-0.15, -0.1) is 0 Å². The average molecular weight is 381 g/mol. The lowest BCUT2D eigenvalue weighted by Gasteiger charge is -2.39. The maximum Gasteiger partial charge on any atom is 0.253 e. The average Bonchev–Trinajstić information content (AvgIpc) is 2.75. The largest absolute Gasteiger partial charge is 0.371 e. The molecule has 0 aromatic heterocycles. The third-order valence-electron chi connectivity index (χ3n) is 5.89. The van der Waals surface area contributed by atoms with Crippen molar-refractivity contribution in [3.8, 4) is 0 Å². The lowest BCUT2D eigenvalue weighted by atomic mass is 9.99. The number of benzene rings is 2. The minimum Gasteiger partial charge on any atom is -0.371 e. The first-order chi connectivity index (χ1) is 13.7. The van der Waals surface area contributed by atoms with E-state index in [1.54, 1.807) is 0 Å². The molecule has 2 aromatic carbocycles. The quantitative estimate of drug-likeness (QED) is 0.877. The molecule has 1 amide bonds. The van der Waals surface area contributed by atoms with Crippen molar-refractivity contribution in [1.29, 1.82) is 0 Å². The number of piperidine rings is 2. The summed E-state index contributed by atoms with van der Waals surface area (Å²) in [5.41, 5.74) is 1.87. The first kappa shape index (κ1) is 18.9. The number of rotatable bonds is 4. The molecule has 0 aliphatic carbocycles. The maximum atomic E-state index is 13.1. The minimum atomic E-state index is -0.188. The summed E-state index contributed by atoms with van der Waals surface area (Å²) in [6.07, 6.45) is 4.31. The van der Waals surface area contributed by atoms with Crippen molar-refractivity contribution in [3.05, 3.63) is 66.0 Å². The number of carbonyl (C=O) groups is 1. The van der Waals surface area contributed by atoms with E-state index in [-0.39, 0.29) is 11.7 Å². The molecule has 28 heavy (non-hydrogen) atoms. The van der Waals surface area contributed by atoms with Gasteiger partial charge < -0.3 is 15.1 Å². The summed E-state index contributed by atoms with van der Waals surface area (Å²) < 4.78 is 13.1. The Bertz CT molecular complexity index is 772. The molecule has 2 fully saturated rings. The Balaban J connectivity index is 1.28. The number of hydrogen-bond donors (Lipinski definition) is 1. The molecule has 0 spiro atoms. The molecule has 1 N–H and O–H groups in total. The summed E-state index contributed by atoms with van der Waals surface area (Å²) >= 11 is 0. The van der Waals surface area contributed by atoms with Crippen LogP contribution in [0.4, 0.5) is 10.1 Å². The van der Waals surface area contributed by atoms with Gasteiger partial charge in [0, 0.05) is 49.5 Å². The van der Waals surface area contributed by atoms with Crippen molar-refractivity contribution in [1.82, 2.24) is 10.2 Å². The number of amides is 1. The molecule has 0 bridgehead atoms. The Morgan fingerprint density at radius 1 is 0.893 bits per heavy atom. The van der Waals surface area contributed by atoms with Gasteiger partial charge in [-0.3, -0.25) is 4.79 Å². The molecule has 2 heterocycles. The van der Waals surface area contributed by atoms with Crippen molar-refractivity contribution in [2.75, 3.05) is 31.1 Å². The lowest BCUT2D eigenvalue weighted by Crippen LogP contribution is -2.53. The van der Waals surface area contributed by atoms with Crippen molar-refractivity contribution in [2.24, 2.45) is 0 Å². The number of hydrogen-bond acceptors (Lipinski definition) is 3. The molecule has 0 radical (unpaired) electrons. The Morgan fingerprint density at radius 2 is 1.61 bits per heavy atom. The van der Waals surface area contributed by atoms with Crippen LogP contribution in [-0.2, 0) is 0 Å². The van der Waals surface area contributed by atoms with E-state index in [0.717, 1.165) is 63.1 Å². The SMILES string of the molecule is O=C(c1ccccc1)N1CCC[C@@H](NC2CCN(c3ccc(F)cc3)CC2)C1. The van der Waals surface area contributed by atoms with E-state index in [1.807, 2.05) is 47.4 Å². The summed E-state index contributed by atoms with van der Waals surface area (Å²) in [7, 11) is 0. The van der Waals surface area contributed by atoms with Crippen molar-refractivity contribution in [3.63, 3.8) is 0 Å². The molecule has 2 aliphatic heterocycles. The highest BCUT2D eigenvalue weighted by molar-refractivity contribution is 5.94. The molecular weight excluding hydrogens is 353 g/mol. The highest BCUT2D eigenvalue weighted by Gasteiger charge is 2.27. The van der Waals surface area contributed by atoms with Gasteiger partial charge >= 0.3 is 0 Å². The Hall–Kier alpha value is -2.40. The van der Waals surface area contributed by atoms with Crippen molar-refractivity contribution >= 4 is 11.6 Å². The number of anilines is 1. The van der Waals surface area contributed by atoms with Gasteiger partial charge in [-0.25, -0.2) is 4.39 Å². The van der Waals surface area contributed by atoms with E-state index in [1.165, 1.54) is 12.1 Å². The van der Waals surface area contributed by atoms with Crippen LogP contribution in [0, 0.1) is 5.82 Å². The predicted octanol–water partition coefficient (Wildman–Crippen LogP) is 3.69. The molecule has 4 nitrogen and oxygen atoms in total. The summed E-state index contributed by atoms with van der Waals surface area (Å²) in [4.78, 5) is 17.0. The molecule has 4 rings (SSSR count). The summed E-state index contributed by atoms with van der Waals surface area (Å²) in [5.74, 6) is -0.0505. The first-order valence-electron chi connectivity index (χ1n) is 10.3. The fraction of sp³-hybridized carbons (Fsp3) is 0.435. The zero-order chi connectivity index (χ0) is 19.3. The van der Waals surface area contributed by atoms with Crippen LogP contribution < -0.4 is 10.2 Å². The minimum absolute atomic E-state index is 0.137. The predicted molar refractivity (Wildman–Crippen MR) is 110 cm³/mol. The van der Waals surface area contributed by atoms with Gasteiger partial charge in [-0.2, -0.15) is 0 Å². The van der Waals surface area contributed by atoms with Gasteiger partial charge in [0.2, 0.25) is 0 Å². The Morgan fingerprint density at radius 3 is 2.32 bits per heavy atom. The van der Waals surface area contributed by atoms with Crippen LogP contribution in [0.15, 0.2) is 54.6 Å². The lowest BCUT2D eigenvalue weighted by molar-refractivity contribution is 0.0687. The maximum absolute atomic E-state index is 13.1. The Labute approximate surface area is 166 Å². The molecule has 1 atom stereocenters. The normalized spacial score (nSPS) is 21.0. The van der Waals surface area contributed by atoms with Crippen LogP contribution in [0.1, 0.15) is 36.0 Å². The monoisotopic (exact) mass is 381 g/mol. The van der Waals surface area contributed by atoms with Gasteiger partial charge in [0.1, 0.15) is 5.82 Å². The van der Waals surface area contributed by atoms with Crippen LogP contribution in [0.5, 0.6) is 0 Å². The molecule has 0 saturated carbocycles. The molecule has 148 valence electrons. The molecule has 0 unspecified atom stereocenters. The van der Waals surface area contributed by atoms with Gasteiger partial charge in [0.25, 0.3) is 5.91 Å². The van der Waals surface area contributed by atoms with Crippen molar-refractivity contribution in [2.45, 2.75) is 37.8 Å². The van der Waals surface area contributed by atoms with E-state index < -0.39 is 0 Å². The van der Waals surface area contributed by atoms with E-state index in [0.29, 0.717) is 12.1 Å². The van der Waals surface area contributed by atoms with Gasteiger partial charge in [-0.05, 0) is 62.1 Å². The molecule has 2 aliphatic rings. The van der Waals surface area contributed by atoms with Crippen LogP contribution in [0.3, 0.4) is 0 Å². The topological polar surface area (TPSA) is 35.6 Å². The first-order valence-corrected chi connectivity index (χ1v) is 10.3. The second-order valence-electron chi connectivity index (χ2n) is 7.86. The van der Waals surface area contributed by atoms with Gasteiger partial charge in [0.15, 0.2) is 0 Å².